The number of thiazole rings is 1. The van der Waals surface area contributed by atoms with Gasteiger partial charge < -0.3 is 5.32 Å². The van der Waals surface area contributed by atoms with Crippen LogP contribution in [0.4, 0.5) is 5.82 Å². The minimum atomic E-state index is 0.552. The zero-order chi connectivity index (χ0) is 13.9. The van der Waals surface area contributed by atoms with Crippen LogP contribution in [0.3, 0.4) is 0 Å². The largest absolute Gasteiger partial charge is 0.369 e. The van der Waals surface area contributed by atoms with Crippen LogP contribution in [0.1, 0.15) is 44.2 Å². The lowest BCUT2D eigenvalue weighted by atomic mass is 10.0. The smallest absolute Gasteiger partial charge is 0.173 e. The molecule has 0 spiro atoms. The average Bonchev–Trinajstić information content (AvgIpc) is 3.14. The van der Waals surface area contributed by atoms with Crippen LogP contribution >= 0.6 is 27.3 Å². The number of hydrogen-bond acceptors (Lipinski definition) is 5. The molecule has 1 N–H and O–H groups in total. The van der Waals surface area contributed by atoms with Gasteiger partial charge in [0.05, 0.1) is 20.6 Å². The molecule has 1 fully saturated rings. The molecule has 3 rings (SSSR count). The van der Waals surface area contributed by atoms with Crippen LogP contribution in [0.2, 0.25) is 0 Å². The van der Waals surface area contributed by atoms with Crippen molar-refractivity contribution in [1.82, 2.24) is 15.0 Å². The molecule has 2 heterocycles. The lowest BCUT2D eigenvalue weighted by Gasteiger charge is -2.15. The highest BCUT2D eigenvalue weighted by Gasteiger charge is 2.24. The number of aromatic nitrogens is 3. The molecule has 1 aliphatic carbocycles. The van der Waals surface area contributed by atoms with E-state index in [0.29, 0.717) is 5.92 Å². The van der Waals surface area contributed by atoms with E-state index >= 15 is 0 Å². The van der Waals surface area contributed by atoms with Gasteiger partial charge in [-0.15, -0.1) is 11.3 Å². The Bertz CT molecular complexity index is 579. The maximum atomic E-state index is 4.81. The minimum absolute atomic E-state index is 0.552. The maximum Gasteiger partial charge on any atom is 0.173 e. The fraction of sp³-hybridized carbons (Fsp3) is 0.500. The third-order valence-corrected chi connectivity index (χ3v) is 5.17. The first kappa shape index (κ1) is 13.9. The Morgan fingerprint density at radius 1 is 1.35 bits per heavy atom. The molecule has 0 aliphatic heterocycles. The number of nitrogens with zero attached hydrogens (tertiary/aromatic N) is 3. The summed E-state index contributed by atoms with van der Waals surface area (Å²) in [6.07, 6.45) is 6.88. The molecule has 2 aromatic heterocycles. The van der Waals surface area contributed by atoms with Crippen LogP contribution in [0.25, 0.3) is 10.7 Å². The molecule has 6 heteroatoms. The Kier molecular flexibility index (Phi) is 4.31. The molecular weight excluding hydrogens is 336 g/mol. The van der Waals surface area contributed by atoms with Crippen LogP contribution in [-0.2, 0) is 0 Å². The minimum Gasteiger partial charge on any atom is -0.369 e. The second-order valence-corrected chi connectivity index (χ2v) is 6.65. The zero-order valence-electron chi connectivity index (χ0n) is 11.4. The Labute approximate surface area is 131 Å². The van der Waals surface area contributed by atoms with Gasteiger partial charge in [0, 0.05) is 18.7 Å². The van der Waals surface area contributed by atoms with Gasteiger partial charge in [0.1, 0.15) is 5.82 Å². The maximum absolute atomic E-state index is 4.81. The summed E-state index contributed by atoms with van der Waals surface area (Å²) in [4.78, 5) is 14.6. The van der Waals surface area contributed by atoms with Crippen LogP contribution in [0, 0.1) is 0 Å². The molecule has 0 bridgehead atoms. The number of anilines is 1. The fourth-order valence-electron chi connectivity index (χ4n) is 2.66. The molecule has 4 nitrogen and oxygen atoms in total. The van der Waals surface area contributed by atoms with Gasteiger partial charge in [-0.1, -0.05) is 12.8 Å². The van der Waals surface area contributed by atoms with E-state index in [2.05, 4.69) is 38.1 Å². The van der Waals surface area contributed by atoms with Gasteiger partial charge in [-0.05, 0) is 35.7 Å². The van der Waals surface area contributed by atoms with Crippen LogP contribution in [-0.4, -0.2) is 21.5 Å². The van der Waals surface area contributed by atoms with Crippen molar-refractivity contribution in [2.45, 2.75) is 38.5 Å². The van der Waals surface area contributed by atoms with Crippen molar-refractivity contribution in [1.29, 1.82) is 0 Å². The van der Waals surface area contributed by atoms with Gasteiger partial charge in [-0.3, -0.25) is 4.98 Å². The Morgan fingerprint density at radius 2 is 2.15 bits per heavy atom. The Hall–Kier alpha value is -1.01. The molecule has 0 amide bonds. The van der Waals surface area contributed by atoms with E-state index in [0.717, 1.165) is 33.2 Å². The molecular formula is C14H17BrN4S. The molecule has 1 saturated carbocycles. The predicted molar refractivity (Wildman–Crippen MR) is 86.2 cm³/mol. The van der Waals surface area contributed by atoms with Crippen molar-refractivity contribution in [2.24, 2.45) is 0 Å². The van der Waals surface area contributed by atoms with E-state index in [9.17, 15) is 0 Å². The first-order valence-electron chi connectivity index (χ1n) is 6.99. The van der Waals surface area contributed by atoms with Crippen molar-refractivity contribution in [2.75, 3.05) is 11.9 Å². The summed E-state index contributed by atoms with van der Waals surface area (Å²) < 4.78 is 1.03. The standard InChI is InChI=1S/C14H17BrN4S/c1-2-17-14-11(15)12(9-5-3-4-6-9)18-13(19-14)10-7-16-8-20-10/h7-9H,2-6H2,1H3,(H,17,18,19). The molecule has 1 aliphatic rings. The van der Waals surface area contributed by atoms with Crippen molar-refractivity contribution < 1.29 is 0 Å². The van der Waals surface area contributed by atoms with Gasteiger partial charge in [0.25, 0.3) is 0 Å². The van der Waals surface area contributed by atoms with Gasteiger partial charge in [0.15, 0.2) is 5.82 Å². The first-order valence-corrected chi connectivity index (χ1v) is 8.67. The van der Waals surface area contributed by atoms with E-state index in [4.69, 9.17) is 4.98 Å². The zero-order valence-corrected chi connectivity index (χ0v) is 13.8. The predicted octanol–water partition coefficient (Wildman–Crippen LogP) is 4.45. The van der Waals surface area contributed by atoms with Crippen LogP contribution in [0.15, 0.2) is 16.2 Å². The summed E-state index contributed by atoms with van der Waals surface area (Å²) in [5, 5.41) is 3.33. The molecule has 0 radical (unpaired) electrons. The van der Waals surface area contributed by atoms with Crippen molar-refractivity contribution in [3.63, 3.8) is 0 Å². The molecule has 0 atom stereocenters. The van der Waals surface area contributed by atoms with E-state index in [-0.39, 0.29) is 0 Å². The Balaban J connectivity index is 2.07. The summed E-state index contributed by atoms with van der Waals surface area (Å²) in [5.41, 5.74) is 2.97. The van der Waals surface area contributed by atoms with Gasteiger partial charge in [-0.25, -0.2) is 9.97 Å². The molecule has 20 heavy (non-hydrogen) atoms. The summed E-state index contributed by atoms with van der Waals surface area (Å²) in [6, 6.07) is 0. The van der Waals surface area contributed by atoms with Crippen LogP contribution in [0.5, 0.6) is 0 Å². The molecule has 2 aromatic rings. The summed E-state index contributed by atoms with van der Waals surface area (Å²) >= 11 is 5.27. The third-order valence-electron chi connectivity index (χ3n) is 3.62. The number of nitrogens with one attached hydrogen (secondary N) is 1. The number of rotatable bonds is 4. The fourth-order valence-corrected chi connectivity index (χ4v) is 3.85. The molecule has 106 valence electrons. The summed E-state index contributed by atoms with van der Waals surface area (Å²) in [5.74, 6) is 2.23. The van der Waals surface area contributed by atoms with E-state index in [1.165, 1.54) is 25.7 Å². The lowest BCUT2D eigenvalue weighted by molar-refractivity contribution is 0.691. The van der Waals surface area contributed by atoms with Crippen molar-refractivity contribution in [3.05, 3.63) is 21.9 Å². The lowest BCUT2D eigenvalue weighted by Crippen LogP contribution is -2.08. The second kappa shape index (κ2) is 6.18. The highest BCUT2D eigenvalue weighted by molar-refractivity contribution is 9.10. The monoisotopic (exact) mass is 352 g/mol. The van der Waals surface area contributed by atoms with Gasteiger partial charge >= 0.3 is 0 Å². The summed E-state index contributed by atoms with van der Waals surface area (Å²) in [7, 11) is 0. The Morgan fingerprint density at radius 3 is 2.80 bits per heavy atom. The molecule has 0 aromatic carbocycles. The first-order chi connectivity index (χ1) is 9.79. The van der Waals surface area contributed by atoms with Gasteiger partial charge in [0.2, 0.25) is 0 Å². The third kappa shape index (κ3) is 2.72. The normalized spacial score (nSPS) is 15.7. The van der Waals surface area contributed by atoms with E-state index in [1.54, 1.807) is 11.3 Å². The second-order valence-electron chi connectivity index (χ2n) is 4.97. The van der Waals surface area contributed by atoms with Crippen molar-refractivity contribution in [3.8, 4) is 10.7 Å². The van der Waals surface area contributed by atoms with Crippen LogP contribution < -0.4 is 5.32 Å². The topological polar surface area (TPSA) is 50.7 Å². The number of halogens is 1. The SMILES string of the molecule is CCNc1nc(-c2cncs2)nc(C2CCCC2)c1Br. The van der Waals surface area contributed by atoms with Crippen molar-refractivity contribution >= 4 is 33.1 Å². The summed E-state index contributed by atoms with van der Waals surface area (Å²) in [6.45, 7) is 2.93. The van der Waals surface area contributed by atoms with E-state index in [1.807, 2.05) is 11.7 Å². The van der Waals surface area contributed by atoms with Gasteiger partial charge in [-0.2, -0.15) is 0 Å². The molecule has 0 unspecified atom stereocenters. The number of hydrogen-bond donors (Lipinski definition) is 1. The highest BCUT2D eigenvalue weighted by atomic mass is 79.9. The average molecular weight is 353 g/mol. The quantitative estimate of drug-likeness (QED) is 0.882. The molecule has 0 saturated heterocycles. The highest BCUT2D eigenvalue weighted by Crippen LogP contribution is 2.39. The van der Waals surface area contributed by atoms with E-state index < -0.39 is 0 Å².